The van der Waals surface area contributed by atoms with Crippen LogP contribution in [0.15, 0.2) is 48.5 Å². The van der Waals surface area contributed by atoms with Gasteiger partial charge in [-0.15, -0.1) is 0 Å². The van der Waals surface area contributed by atoms with E-state index in [1.54, 1.807) is 48.5 Å². The van der Waals surface area contributed by atoms with Crippen molar-refractivity contribution in [3.63, 3.8) is 0 Å². The van der Waals surface area contributed by atoms with Gasteiger partial charge in [0.25, 0.3) is 5.91 Å². The van der Waals surface area contributed by atoms with Crippen LogP contribution in [0.25, 0.3) is 0 Å². The van der Waals surface area contributed by atoms with Crippen molar-refractivity contribution >= 4 is 35.1 Å². The second kappa shape index (κ2) is 10.3. The van der Waals surface area contributed by atoms with Crippen molar-refractivity contribution < 1.29 is 19.1 Å². The van der Waals surface area contributed by atoms with E-state index in [2.05, 4.69) is 10.6 Å². The zero-order valence-electron chi connectivity index (χ0n) is 15.0. The molecule has 0 saturated carbocycles. The third-order valence-corrected chi connectivity index (χ3v) is 3.99. The van der Waals surface area contributed by atoms with Crippen molar-refractivity contribution in [2.75, 3.05) is 18.5 Å². The minimum absolute atomic E-state index is 0.204. The fourth-order valence-corrected chi connectivity index (χ4v) is 2.41. The Labute approximate surface area is 162 Å². The molecule has 0 fully saturated rings. The lowest BCUT2D eigenvalue weighted by atomic mass is 10.2. The van der Waals surface area contributed by atoms with E-state index in [1.807, 2.05) is 6.92 Å². The van der Waals surface area contributed by atoms with E-state index in [1.165, 1.54) is 0 Å². The van der Waals surface area contributed by atoms with Crippen molar-refractivity contribution in [3.8, 4) is 0 Å². The van der Waals surface area contributed by atoms with Gasteiger partial charge in [-0.2, -0.15) is 0 Å². The number of rotatable bonds is 8. The molecule has 2 rings (SSSR count). The van der Waals surface area contributed by atoms with Crippen LogP contribution in [0.3, 0.4) is 0 Å². The summed E-state index contributed by atoms with van der Waals surface area (Å²) in [5.74, 6) is -1.22. The van der Waals surface area contributed by atoms with Crippen molar-refractivity contribution in [2.45, 2.75) is 19.8 Å². The molecule has 7 heteroatoms. The van der Waals surface area contributed by atoms with Crippen molar-refractivity contribution in [3.05, 3.63) is 64.7 Å². The fourth-order valence-electron chi connectivity index (χ4n) is 2.19. The van der Waals surface area contributed by atoms with Gasteiger partial charge in [0.2, 0.25) is 5.91 Å². The van der Waals surface area contributed by atoms with Crippen LogP contribution in [0.1, 0.15) is 40.5 Å². The van der Waals surface area contributed by atoms with Crippen LogP contribution in [0, 0.1) is 0 Å². The SMILES string of the molecule is CCCCOC(=O)c1ccc(NC(=O)CNC(=O)c2ccccc2Cl)cc1. The van der Waals surface area contributed by atoms with E-state index in [0.717, 1.165) is 12.8 Å². The molecule has 0 radical (unpaired) electrons. The van der Waals surface area contributed by atoms with Crippen molar-refractivity contribution in [2.24, 2.45) is 0 Å². The Bertz CT molecular complexity index is 806. The Morgan fingerprint density at radius 2 is 1.74 bits per heavy atom. The molecule has 0 unspecified atom stereocenters. The number of amides is 2. The molecule has 2 aromatic carbocycles. The van der Waals surface area contributed by atoms with Gasteiger partial charge in [0.1, 0.15) is 0 Å². The lowest BCUT2D eigenvalue weighted by molar-refractivity contribution is -0.115. The number of ether oxygens (including phenoxy) is 1. The lowest BCUT2D eigenvalue weighted by Crippen LogP contribution is -2.33. The molecule has 0 bridgehead atoms. The Morgan fingerprint density at radius 1 is 1.04 bits per heavy atom. The Hall–Kier alpha value is -2.86. The number of anilines is 1. The first kappa shape index (κ1) is 20.5. The van der Waals surface area contributed by atoms with Gasteiger partial charge in [-0.3, -0.25) is 9.59 Å². The third kappa shape index (κ3) is 6.42. The van der Waals surface area contributed by atoms with Crippen molar-refractivity contribution in [1.29, 1.82) is 0 Å². The summed E-state index contributed by atoms with van der Waals surface area (Å²) in [7, 11) is 0. The smallest absolute Gasteiger partial charge is 0.338 e. The summed E-state index contributed by atoms with van der Waals surface area (Å²) in [4.78, 5) is 35.8. The molecular weight excluding hydrogens is 368 g/mol. The summed E-state index contributed by atoms with van der Waals surface area (Å²) in [6, 6.07) is 12.9. The van der Waals surface area contributed by atoms with E-state index >= 15 is 0 Å². The van der Waals surface area contributed by atoms with Gasteiger partial charge >= 0.3 is 5.97 Å². The first-order valence-electron chi connectivity index (χ1n) is 8.61. The minimum atomic E-state index is -0.430. The van der Waals surface area contributed by atoms with Crippen LogP contribution >= 0.6 is 11.6 Å². The molecule has 0 saturated heterocycles. The maximum atomic E-state index is 12.0. The van der Waals surface area contributed by atoms with E-state index in [-0.39, 0.29) is 6.54 Å². The normalized spacial score (nSPS) is 10.1. The average molecular weight is 389 g/mol. The Kier molecular flexibility index (Phi) is 7.82. The van der Waals surface area contributed by atoms with E-state index < -0.39 is 17.8 Å². The molecule has 0 atom stereocenters. The largest absolute Gasteiger partial charge is 0.462 e. The topological polar surface area (TPSA) is 84.5 Å². The first-order valence-corrected chi connectivity index (χ1v) is 8.99. The van der Waals surface area contributed by atoms with Crippen LogP contribution in [0.5, 0.6) is 0 Å². The predicted molar refractivity (Wildman–Crippen MR) is 104 cm³/mol. The molecular formula is C20H21ClN2O4. The van der Waals surface area contributed by atoms with Crippen LogP contribution in [-0.4, -0.2) is 30.9 Å². The van der Waals surface area contributed by atoms with Crippen molar-refractivity contribution in [1.82, 2.24) is 5.32 Å². The summed E-state index contributed by atoms with van der Waals surface area (Å²) >= 11 is 5.95. The molecule has 0 aromatic heterocycles. The predicted octanol–water partition coefficient (Wildman–Crippen LogP) is 3.67. The summed E-state index contributed by atoms with van der Waals surface area (Å²) < 4.78 is 5.12. The van der Waals surface area contributed by atoms with Gasteiger partial charge in [0.15, 0.2) is 0 Å². The number of esters is 1. The molecule has 0 aliphatic heterocycles. The van der Waals surface area contributed by atoms with Crippen LogP contribution < -0.4 is 10.6 Å². The van der Waals surface area contributed by atoms with Crippen LogP contribution in [0.4, 0.5) is 5.69 Å². The zero-order chi connectivity index (χ0) is 19.6. The summed E-state index contributed by atoms with van der Waals surface area (Å²) in [5, 5.41) is 5.47. The van der Waals surface area contributed by atoms with Gasteiger partial charge in [-0.25, -0.2) is 4.79 Å². The maximum absolute atomic E-state index is 12.0. The number of unbranched alkanes of at least 4 members (excludes halogenated alkanes) is 1. The average Bonchev–Trinajstić information content (AvgIpc) is 2.67. The molecule has 2 aromatic rings. The summed E-state index contributed by atoms with van der Waals surface area (Å²) in [5.41, 5.74) is 1.23. The summed E-state index contributed by atoms with van der Waals surface area (Å²) in [6.45, 7) is 2.20. The molecule has 2 N–H and O–H groups in total. The maximum Gasteiger partial charge on any atom is 0.338 e. The van der Waals surface area contributed by atoms with Crippen LogP contribution in [-0.2, 0) is 9.53 Å². The monoisotopic (exact) mass is 388 g/mol. The number of hydrogen-bond acceptors (Lipinski definition) is 4. The third-order valence-electron chi connectivity index (χ3n) is 3.66. The first-order chi connectivity index (χ1) is 13.0. The zero-order valence-corrected chi connectivity index (χ0v) is 15.7. The second-order valence-corrected chi connectivity index (χ2v) is 6.18. The fraction of sp³-hybridized carbons (Fsp3) is 0.250. The molecule has 142 valence electrons. The lowest BCUT2D eigenvalue weighted by Gasteiger charge is -2.09. The summed E-state index contributed by atoms with van der Waals surface area (Å²) in [6.07, 6.45) is 1.77. The molecule has 0 aliphatic carbocycles. The van der Waals surface area contributed by atoms with Gasteiger partial charge < -0.3 is 15.4 Å². The molecule has 0 aliphatic rings. The highest BCUT2D eigenvalue weighted by Crippen LogP contribution is 2.14. The highest BCUT2D eigenvalue weighted by atomic mass is 35.5. The number of benzene rings is 2. The molecule has 2 amide bonds. The van der Waals surface area contributed by atoms with Gasteiger partial charge in [-0.05, 0) is 42.8 Å². The standard InChI is InChI=1S/C20H21ClN2O4/c1-2-3-12-27-20(26)14-8-10-15(11-9-14)23-18(24)13-22-19(25)16-6-4-5-7-17(16)21/h4-11H,2-3,12-13H2,1H3,(H,22,25)(H,23,24). The number of carbonyl (C=O) groups excluding carboxylic acids is 3. The number of hydrogen-bond donors (Lipinski definition) is 2. The molecule has 0 spiro atoms. The number of nitrogens with one attached hydrogen (secondary N) is 2. The Morgan fingerprint density at radius 3 is 2.41 bits per heavy atom. The van der Waals surface area contributed by atoms with E-state index in [9.17, 15) is 14.4 Å². The van der Waals surface area contributed by atoms with E-state index in [0.29, 0.717) is 28.4 Å². The number of carbonyl (C=O) groups is 3. The molecule has 27 heavy (non-hydrogen) atoms. The van der Waals surface area contributed by atoms with E-state index in [4.69, 9.17) is 16.3 Å². The highest BCUT2D eigenvalue weighted by molar-refractivity contribution is 6.33. The highest BCUT2D eigenvalue weighted by Gasteiger charge is 2.12. The Balaban J connectivity index is 1.82. The quantitative estimate of drug-likeness (QED) is 0.533. The molecule has 0 heterocycles. The van der Waals surface area contributed by atoms with Gasteiger partial charge in [-0.1, -0.05) is 37.1 Å². The van der Waals surface area contributed by atoms with Gasteiger partial charge in [0, 0.05) is 5.69 Å². The van der Waals surface area contributed by atoms with Gasteiger partial charge in [0.05, 0.1) is 29.3 Å². The minimum Gasteiger partial charge on any atom is -0.462 e. The van der Waals surface area contributed by atoms with Crippen LogP contribution in [0.2, 0.25) is 5.02 Å². The second-order valence-electron chi connectivity index (χ2n) is 5.78. The molecule has 6 nitrogen and oxygen atoms in total. The number of halogens is 1.